The number of esters is 1. The van der Waals surface area contributed by atoms with Crippen molar-refractivity contribution < 1.29 is 33.4 Å². The fraction of sp³-hybridized carbons (Fsp3) is 0.552. The molecule has 2 aromatic carbocycles. The Hall–Kier alpha value is -6.12. The second-order valence-electron chi connectivity index (χ2n) is 22.5. The summed E-state index contributed by atoms with van der Waals surface area (Å²) < 4.78 is 14.3. The number of carbonyl (C=O) groups is 5. The normalized spacial score (nSPS) is 21.8. The Balaban J connectivity index is 1.08. The number of hydrazine groups is 1. The van der Waals surface area contributed by atoms with E-state index in [-0.39, 0.29) is 54.7 Å². The number of hydrogen-bond donors (Lipinski definition) is 2. The zero-order valence-electron chi connectivity index (χ0n) is 45.4. The maximum atomic E-state index is 14.8. The smallest absolute Gasteiger partial charge is 0.324 e. The Bertz CT molecular complexity index is 2820. The summed E-state index contributed by atoms with van der Waals surface area (Å²) in [6.07, 6.45) is 4.11. The molecule has 4 aliphatic heterocycles. The largest absolute Gasteiger partial charge is 0.464 e. The van der Waals surface area contributed by atoms with Gasteiger partial charge in [0.1, 0.15) is 23.7 Å². The monoisotopic (exact) mass is 1010 g/mol. The summed E-state index contributed by atoms with van der Waals surface area (Å²) in [5.41, 5.74) is 10.1. The fourth-order valence-electron chi connectivity index (χ4n) is 11.5. The molecular weight excluding hydrogens is 935 g/mol. The van der Waals surface area contributed by atoms with Gasteiger partial charge in [0.25, 0.3) is 11.8 Å². The lowest BCUT2D eigenvalue weighted by Crippen LogP contribution is -2.66. The molecule has 6 heterocycles. The third-order valence-corrected chi connectivity index (χ3v) is 15.7. The number of methoxy groups -OCH3 is 1. The molecule has 6 bridgehead atoms. The molecule has 16 nitrogen and oxygen atoms in total. The Morgan fingerprint density at radius 3 is 2.46 bits per heavy atom. The van der Waals surface area contributed by atoms with E-state index in [4.69, 9.17) is 14.5 Å². The van der Waals surface area contributed by atoms with Gasteiger partial charge in [0.05, 0.1) is 24.1 Å². The number of amides is 4. The van der Waals surface area contributed by atoms with Crippen molar-refractivity contribution in [1.82, 2.24) is 44.9 Å². The van der Waals surface area contributed by atoms with E-state index in [1.54, 1.807) is 25.3 Å². The molecule has 74 heavy (non-hydrogen) atoms. The van der Waals surface area contributed by atoms with Crippen LogP contribution < -0.4 is 10.7 Å². The molecule has 0 radical (unpaired) electrons. The van der Waals surface area contributed by atoms with Gasteiger partial charge in [-0.15, -0.1) is 0 Å². The van der Waals surface area contributed by atoms with Gasteiger partial charge in [-0.05, 0) is 125 Å². The van der Waals surface area contributed by atoms with Crippen LogP contribution >= 0.6 is 0 Å². The summed E-state index contributed by atoms with van der Waals surface area (Å²) in [5, 5.41) is 5.62. The van der Waals surface area contributed by atoms with Crippen LogP contribution in [-0.2, 0) is 52.8 Å². The van der Waals surface area contributed by atoms with E-state index in [1.165, 1.54) is 9.91 Å². The van der Waals surface area contributed by atoms with Gasteiger partial charge in [-0.1, -0.05) is 63.9 Å². The van der Waals surface area contributed by atoms with Crippen LogP contribution in [0.3, 0.4) is 0 Å². The first kappa shape index (κ1) is 54.2. The summed E-state index contributed by atoms with van der Waals surface area (Å²) in [7, 11) is 9.32. The number of nitrogens with one attached hydrogen (secondary N) is 2. The van der Waals surface area contributed by atoms with Gasteiger partial charge in [0, 0.05) is 94.3 Å². The van der Waals surface area contributed by atoms with Crippen molar-refractivity contribution in [2.24, 2.45) is 17.3 Å². The predicted octanol–water partition coefficient (Wildman–Crippen LogP) is 5.72. The first-order valence-corrected chi connectivity index (χ1v) is 26.4. The number of rotatable bonds is 11. The number of aryl methyl sites for hydroxylation is 1. The molecule has 0 spiro atoms. The lowest BCUT2D eigenvalue weighted by Gasteiger charge is -2.49. The molecule has 0 saturated carbocycles. The van der Waals surface area contributed by atoms with Crippen LogP contribution in [0.25, 0.3) is 33.3 Å². The van der Waals surface area contributed by atoms with Gasteiger partial charge in [-0.3, -0.25) is 38.9 Å². The van der Waals surface area contributed by atoms with Gasteiger partial charge in [-0.2, -0.15) is 0 Å². The second-order valence-corrected chi connectivity index (χ2v) is 22.5. The topological polar surface area (TPSA) is 162 Å². The highest BCUT2D eigenvalue weighted by molar-refractivity contribution is 5.96. The van der Waals surface area contributed by atoms with Crippen LogP contribution in [0.15, 0.2) is 60.8 Å². The molecule has 396 valence electrons. The summed E-state index contributed by atoms with van der Waals surface area (Å²) in [6, 6.07) is 15.9. The maximum absolute atomic E-state index is 14.8. The van der Waals surface area contributed by atoms with Crippen LogP contribution in [-0.4, -0.2) is 162 Å². The molecule has 3 fully saturated rings. The number of aromatic nitrogens is 2. The average Bonchev–Trinajstić information content (AvgIpc) is 3.96. The number of pyridine rings is 1. The third-order valence-electron chi connectivity index (χ3n) is 15.7. The van der Waals surface area contributed by atoms with Gasteiger partial charge in [0.15, 0.2) is 0 Å². The highest BCUT2D eigenvalue weighted by Crippen LogP contribution is 2.42. The van der Waals surface area contributed by atoms with Crippen LogP contribution in [0.4, 0.5) is 0 Å². The van der Waals surface area contributed by atoms with Crippen LogP contribution in [0.5, 0.6) is 0 Å². The van der Waals surface area contributed by atoms with Gasteiger partial charge >= 0.3 is 5.97 Å². The Morgan fingerprint density at radius 1 is 1.00 bits per heavy atom. The van der Waals surface area contributed by atoms with E-state index in [1.807, 2.05) is 60.1 Å². The van der Waals surface area contributed by atoms with Crippen molar-refractivity contribution >= 4 is 40.5 Å². The minimum Gasteiger partial charge on any atom is -0.464 e. The predicted molar refractivity (Wildman–Crippen MR) is 286 cm³/mol. The Kier molecular flexibility index (Phi) is 16.4. The Morgan fingerprint density at radius 2 is 1.76 bits per heavy atom. The minimum absolute atomic E-state index is 0.0876. The second kappa shape index (κ2) is 22.4. The number of likely N-dealkylation sites (tertiary alicyclic amines) is 2. The Labute approximate surface area is 437 Å². The van der Waals surface area contributed by atoms with E-state index in [2.05, 4.69) is 94.1 Å². The first-order valence-electron chi connectivity index (χ1n) is 26.4. The lowest BCUT2D eigenvalue weighted by molar-refractivity contribution is -0.155. The maximum Gasteiger partial charge on any atom is 0.324 e. The van der Waals surface area contributed by atoms with Crippen molar-refractivity contribution in [1.29, 1.82) is 0 Å². The number of benzene rings is 2. The van der Waals surface area contributed by atoms with Crippen LogP contribution in [0, 0.1) is 29.1 Å². The zero-order chi connectivity index (χ0) is 53.2. The third kappa shape index (κ3) is 11.4. The van der Waals surface area contributed by atoms with Crippen molar-refractivity contribution in [3.8, 4) is 34.2 Å². The quantitative estimate of drug-likeness (QED) is 0.140. The average molecular weight is 1010 g/mol. The zero-order valence-corrected chi connectivity index (χ0v) is 45.4. The molecule has 0 aliphatic carbocycles. The standard InChI is InChI=1S/C58H77N9O7/c1-12-66-48-21-20-42-31-44(48)45(53(66)43-18-14-25-59-51(43)38(4)73-11)32-57(5,6)36-74-56(72)46-19-15-26-67(61-46)55(71)47(29-39-16-13-17-41(42)28-39)60-54(70)52(37(2)3)64(10)50(69)30-40-23-27-65(33-40)49(68)22-24-58(62(7)8)34-63(9)35-58/h13-14,16-18,20-21,25,28,31,37-38,40,46-47,52,61H,12,15,19,23,26-27,29-30,32-36H2,1-11H3,(H,60,70)/t38-,40+,46-,47-,52-/m0/s1. The van der Waals surface area contributed by atoms with Gasteiger partial charge in [-0.25, -0.2) is 5.43 Å². The molecule has 4 aromatic rings. The molecule has 8 rings (SSSR count). The van der Waals surface area contributed by atoms with Gasteiger partial charge in [0.2, 0.25) is 11.8 Å². The first-order chi connectivity index (χ1) is 35.2. The molecule has 4 aliphatic rings. The molecular formula is C58H77N9O7. The van der Waals surface area contributed by atoms with Crippen molar-refractivity contribution in [3.63, 3.8) is 0 Å². The van der Waals surface area contributed by atoms with Crippen molar-refractivity contribution in [3.05, 3.63) is 77.6 Å². The van der Waals surface area contributed by atoms with E-state index in [9.17, 15) is 24.0 Å². The molecule has 4 amide bonds. The lowest BCUT2D eigenvalue weighted by atomic mass is 9.84. The molecule has 2 aromatic heterocycles. The van der Waals surface area contributed by atoms with Crippen LogP contribution in [0.1, 0.15) is 90.2 Å². The summed E-state index contributed by atoms with van der Waals surface area (Å²) in [4.78, 5) is 83.2. The number of cyclic esters (lactones) is 1. The van der Waals surface area contributed by atoms with Gasteiger partial charge < -0.3 is 34.1 Å². The van der Waals surface area contributed by atoms with E-state index >= 15 is 0 Å². The number of likely N-dealkylation sites (N-methyl/N-ethyl adjacent to an activating group) is 3. The van der Waals surface area contributed by atoms with Crippen LogP contribution in [0.2, 0.25) is 0 Å². The highest BCUT2D eigenvalue weighted by Gasteiger charge is 2.43. The number of carbonyl (C=O) groups excluding carboxylic acids is 5. The molecule has 2 N–H and O–H groups in total. The number of ether oxygens (including phenoxy) is 2. The van der Waals surface area contributed by atoms with E-state index in [0.717, 1.165) is 63.2 Å². The summed E-state index contributed by atoms with van der Waals surface area (Å²) >= 11 is 0. The fourth-order valence-corrected chi connectivity index (χ4v) is 11.5. The van der Waals surface area contributed by atoms with E-state index < -0.39 is 41.3 Å². The SMILES string of the molecule is CCn1c(-c2cccnc2[C@H](C)OC)c2c3cc(ccc31)-c1cccc(c1)C[C@H](NC(=O)[C@H](C(C)C)N(C)C(=O)C[C@H]1CCN(C(=O)C#CC3(N(C)C)CN(C)C3)C1)C(=O)N1CCC[C@H](N1)C(=O)OCC(C)(C)C2. The summed E-state index contributed by atoms with van der Waals surface area (Å²) in [6.45, 7) is 15.7. The van der Waals surface area contributed by atoms with E-state index in [0.29, 0.717) is 51.9 Å². The summed E-state index contributed by atoms with van der Waals surface area (Å²) in [5.74, 6) is 3.98. The number of fused-ring (bicyclic) bond motifs is 6. The minimum atomic E-state index is -1.05. The molecule has 3 saturated heterocycles. The number of nitrogens with zero attached hydrogens (tertiary/aromatic N) is 7. The molecule has 16 heteroatoms. The molecule has 0 unspecified atom stereocenters. The highest BCUT2D eigenvalue weighted by atomic mass is 16.5. The molecule has 5 atom stereocenters. The number of hydrogen-bond acceptors (Lipinski definition) is 11. The van der Waals surface area contributed by atoms with Crippen molar-refractivity contribution in [2.45, 2.75) is 116 Å². The van der Waals surface area contributed by atoms with Crippen molar-refractivity contribution in [2.75, 3.05) is 74.6 Å².